The zero-order valence-electron chi connectivity index (χ0n) is 13.0. The van der Waals surface area contributed by atoms with Crippen LogP contribution in [0, 0.1) is 6.92 Å². The van der Waals surface area contributed by atoms with Gasteiger partial charge in [-0.15, -0.1) is 34.5 Å². The van der Waals surface area contributed by atoms with E-state index in [1.807, 2.05) is 0 Å². The van der Waals surface area contributed by atoms with Crippen molar-refractivity contribution >= 4 is 20.3 Å². The number of rotatable bonds is 1. The molecule has 0 heterocycles. The molecule has 0 atom stereocenters. The van der Waals surface area contributed by atoms with Gasteiger partial charge >= 0.3 is 0 Å². The quantitative estimate of drug-likeness (QED) is 0.300. The van der Waals surface area contributed by atoms with Crippen molar-refractivity contribution in [1.29, 1.82) is 0 Å². The first-order valence-electron chi connectivity index (χ1n) is 6.56. The molecule has 0 amide bonds. The van der Waals surface area contributed by atoms with Crippen LogP contribution < -0.4 is 24.8 Å². The number of aryl methyl sites for hydroxylation is 1. The standard InChI is InChI=1S/C16H13.C2H6Si.2ClH.Hf/c1-12-10-14-8-5-9-15(16(14)11-12)13-6-3-2-4-7-13;1-3-2;;;/h2-11H,1H3;1-2H3;2*1H;/q-1;;;;/p-2. The van der Waals surface area contributed by atoms with E-state index >= 15 is 0 Å². The van der Waals surface area contributed by atoms with Crippen molar-refractivity contribution in [3.63, 3.8) is 0 Å². The third kappa shape index (κ3) is 6.08. The Morgan fingerprint density at radius 1 is 0.864 bits per heavy atom. The molecule has 22 heavy (non-hydrogen) atoms. The monoisotopic (exact) mass is 513 g/mol. The molecule has 3 aromatic rings. The van der Waals surface area contributed by atoms with Gasteiger partial charge in [0, 0.05) is 35.4 Å². The molecule has 0 spiro atoms. The Labute approximate surface area is 167 Å². The van der Waals surface area contributed by atoms with Crippen LogP contribution in [0.15, 0.2) is 60.7 Å². The Kier molecular flexibility index (Phi) is 13.3. The Hall–Kier alpha value is -0.283. The van der Waals surface area contributed by atoms with Crippen LogP contribution in [0.25, 0.3) is 21.9 Å². The van der Waals surface area contributed by atoms with Crippen molar-refractivity contribution in [2.45, 2.75) is 20.0 Å². The first-order valence-corrected chi connectivity index (χ1v) is 8.56. The number of hydrogen-bond acceptors (Lipinski definition) is 0. The van der Waals surface area contributed by atoms with Gasteiger partial charge in [0.2, 0.25) is 0 Å². The normalized spacial score (nSPS) is 8.68. The third-order valence-corrected chi connectivity index (χ3v) is 2.98. The molecule has 0 saturated carbocycles. The van der Waals surface area contributed by atoms with Crippen LogP contribution in [-0.2, 0) is 25.8 Å². The summed E-state index contributed by atoms with van der Waals surface area (Å²) >= 11 is 0. The summed E-state index contributed by atoms with van der Waals surface area (Å²) in [6.07, 6.45) is 0. The largest absolute Gasteiger partial charge is 1.00 e. The van der Waals surface area contributed by atoms with E-state index in [4.69, 9.17) is 0 Å². The summed E-state index contributed by atoms with van der Waals surface area (Å²) in [5.41, 5.74) is 3.95. The second-order valence-corrected chi connectivity index (χ2v) is 5.71. The minimum Gasteiger partial charge on any atom is -1.00 e. The topological polar surface area (TPSA) is 0 Å². The van der Waals surface area contributed by atoms with Crippen LogP contribution in [0.3, 0.4) is 0 Å². The van der Waals surface area contributed by atoms with Gasteiger partial charge in [-0.3, -0.25) is 0 Å². The molecule has 0 unspecified atom stereocenters. The molecule has 0 fully saturated rings. The van der Waals surface area contributed by atoms with Crippen molar-refractivity contribution in [1.82, 2.24) is 0 Å². The summed E-state index contributed by atoms with van der Waals surface area (Å²) in [4.78, 5) is 0. The molecule has 3 aromatic carbocycles. The molecule has 0 aliphatic carbocycles. The maximum absolute atomic E-state index is 2.26. The zero-order valence-corrected chi connectivity index (χ0v) is 19.1. The fourth-order valence-corrected chi connectivity index (χ4v) is 2.25. The van der Waals surface area contributed by atoms with Crippen molar-refractivity contribution in [2.75, 3.05) is 0 Å². The minimum atomic E-state index is 0. The van der Waals surface area contributed by atoms with Gasteiger partial charge in [0.1, 0.15) is 0 Å². The van der Waals surface area contributed by atoms with E-state index in [0.29, 0.717) is 0 Å². The Morgan fingerprint density at radius 2 is 1.45 bits per heavy atom. The van der Waals surface area contributed by atoms with Crippen molar-refractivity contribution in [3.8, 4) is 11.1 Å². The second-order valence-electron chi connectivity index (χ2n) is 4.71. The smallest absolute Gasteiger partial charge is 0.0307 e. The summed E-state index contributed by atoms with van der Waals surface area (Å²) in [7, 11) is 1.08. The van der Waals surface area contributed by atoms with E-state index < -0.39 is 0 Å². The summed E-state index contributed by atoms with van der Waals surface area (Å²) in [6, 6.07) is 21.6. The average Bonchev–Trinajstić information content (AvgIpc) is 2.80. The van der Waals surface area contributed by atoms with Gasteiger partial charge in [0.15, 0.2) is 0 Å². The molecule has 0 saturated heterocycles. The van der Waals surface area contributed by atoms with E-state index in [-0.39, 0.29) is 50.7 Å². The predicted octanol–water partition coefficient (Wildman–Crippen LogP) is -0.674. The first kappa shape index (κ1) is 24.0. The molecule has 2 radical (unpaired) electrons. The second kappa shape index (κ2) is 12.2. The van der Waals surface area contributed by atoms with Gasteiger partial charge in [-0.2, -0.15) is 6.07 Å². The summed E-state index contributed by atoms with van der Waals surface area (Å²) in [6.45, 7) is 6.45. The minimum absolute atomic E-state index is 0. The zero-order chi connectivity index (χ0) is 13.7. The van der Waals surface area contributed by atoms with Crippen molar-refractivity contribution < 1.29 is 50.7 Å². The number of halogens is 2. The molecule has 0 bridgehead atoms. The number of benzene rings is 2. The van der Waals surface area contributed by atoms with E-state index in [1.165, 1.54) is 27.5 Å². The molecule has 116 valence electrons. The van der Waals surface area contributed by atoms with Gasteiger partial charge in [0.05, 0.1) is 0 Å². The maximum Gasteiger partial charge on any atom is 0.0307 e. The molecule has 0 N–H and O–H groups in total. The molecule has 0 aliphatic heterocycles. The third-order valence-electron chi connectivity index (χ3n) is 2.98. The van der Waals surface area contributed by atoms with E-state index in [1.54, 1.807) is 0 Å². The van der Waals surface area contributed by atoms with Crippen LogP contribution in [0.4, 0.5) is 0 Å². The maximum atomic E-state index is 2.26. The molecule has 0 aliphatic rings. The van der Waals surface area contributed by atoms with Crippen LogP contribution >= 0.6 is 0 Å². The number of hydrogen-bond donors (Lipinski definition) is 0. The van der Waals surface area contributed by atoms with Crippen molar-refractivity contribution in [3.05, 3.63) is 66.2 Å². The van der Waals surface area contributed by atoms with Gasteiger partial charge in [-0.1, -0.05) is 62.0 Å². The molecule has 0 nitrogen and oxygen atoms in total. The SMILES string of the molecule is C[Si]C.Cc1cc2c(-c3ccccc3)cccc2[cH-]1.[Cl-].[Cl-].[Hf]. The molecular weight excluding hydrogens is 494 g/mol. The Bertz CT molecular complexity index is 651. The van der Waals surface area contributed by atoms with E-state index in [2.05, 4.69) is 80.7 Å². The van der Waals surface area contributed by atoms with Gasteiger partial charge in [-0.05, 0) is 5.56 Å². The van der Waals surface area contributed by atoms with Crippen LogP contribution in [0.2, 0.25) is 13.1 Å². The average molecular weight is 513 g/mol. The van der Waals surface area contributed by atoms with Crippen LogP contribution in [0.1, 0.15) is 5.56 Å². The molecule has 4 heteroatoms. The predicted molar refractivity (Wildman–Crippen MR) is 87.2 cm³/mol. The van der Waals surface area contributed by atoms with E-state index in [0.717, 1.165) is 9.52 Å². The van der Waals surface area contributed by atoms with Gasteiger partial charge in [-0.25, -0.2) is 0 Å². The fraction of sp³-hybridized carbons (Fsp3) is 0.167. The van der Waals surface area contributed by atoms with E-state index in [9.17, 15) is 0 Å². The summed E-state index contributed by atoms with van der Waals surface area (Å²) < 4.78 is 0. The molecule has 0 aromatic heterocycles. The van der Waals surface area contributed by atoms with Crippen molar-refractivity contribution in [2.24, 2.45) is 0 Å². The fourth-order valence-electron chi connectivity index (χ4n) is 2.25. The first-order chi connectivity index (χ1) is 9.26. The Morgan fingerprint density at radius 3 is 2.05 bits per heavy atom. The number of fused-ring (bicyclic) bond motifs is 1. The van der Waals surface area contributed by atoms with Gasteiger partial charge in [0.25, 0.3) is 0 Å². The summed E-state index contributed by atoms with van der Waals surface area (Å²) in [5.74, 6) is 0. The van der Waals surface area contributed by atoms with Crippen LogP contribution in [-0.4, -0.2) is 9.52 Å². The Balaban J connectivity index is 0. The molecular formula is C18H19Cl2HfSi-3. The van der Waals surface area contributed by atoms with Crippen LogP contribution in [0.5, 0.6) is 0 Å². The molecule has 3 rings (SSSR count). The van der Waals surface area contributed by atoms with Gasteiger partial charge < -0.3 is 24.8 Å². The summed E-state index contributed by atoms with van der Waals surface area (Å²) in [5, 5.41) is 2.69.